The van der Waals surface area contributed by atoms with Gasteiger partial charge in [-0.25, -0.2) is 0 Å². The van der Waals surface area contributed by atoms with Gasteiger partial charge in [-0.15, -0.1) is 0 Å². The predicted octanol–water partition coefficient (Wildman–Crippen LogP) is 1.81. The fraction of sp³-hybridized carbons (Fsp3) is 1.00. The third-order valence-corrected chi connectivity index (χ3v) is 4.33. The first kappa shape index (κ1) is 7.22. The van der Waals surface area contributed by atoms with Gasteiger partial charge in [0.15, 0.2) is 0 Å². The molecule has 0 unspecified atom stereocenters. The Kier molecular flexibility index (Phi) is 2.58. The summed E-state index contributed by atoms with van der Waals surface area (Å²) in [7, 11) is 0.242. The zero-order valence-corrected chi connectivity index (χ0v) is 7.33. The van der Waals surface area contributed by atoms with E-state index in [0.717, 1.165) is 5.04 Å². The van der Waals surface area contributed by atoms with Crippen LogP contribution in [0, 0.1) is 0 Å². The summed E-state index contributed by atoms with van der Waals surface area (Å²) < 4.78 is 0. The number of rotatable bonds is 2. The fourth-order valence-electron chi connectivity index (χ4n) is 0.250. The molecule has 0 bridgehead atoms. The second kappa shape index (κ2) is 2.51. The normalized spacial score (nSPS) is 13.7. The minimum Gasteiger partial charge on any atom is -0.0744 e. The van der Waals surface area contributed by atoms with Crippen LogP contribution in [0.2, 0.25) is 11.6 Å². The molecule has 0 saturated carbocycles. The minimum atomic E-state index is 0.242. The van der Waals surface area contributed by atoms with Crippen molar-refractivity contribution in [1.82, 2.24) is 0 Å². The van der Waals surface area contributed by atoms with Gasteiger partial charge in [-0.3, -0.25) is 0 Å². The molecule has 0 aliphatic rings. The van der Waals surface area contributed by atoms with Crippen molar-refractivity contribution in [2.75, 3.05) is 0 Å². The molecule has 7 heavy (non-hydrogen) atoms. The highest BCUT2D eigenvalue weighted by Crippen LogP contribution is 2.25. The Bertz CT molecular complexity index is 42.1. The molecular weight excluding hydrogens is 100 g/mol. The van der Waals surface area contributed by atoms with E-state index in [1.807, 2.05) is 0 Å². The molecular formula is C6H16Si. The Balaban J connectivity index is 3.36. The summed E-state index contributed by atoms with van der Waals surface area (Å²) in [5.74, 6) is 0. The summed E-state index contributed by atoms with van der Waals surface area (Å²) in [6.45, 7) is 9.37. The SMILES string of the molecule is CCC(C)(C)[SiH2]C. The molecule has 0 amide bonds. The van der Waals surface area contributed by atoms with Gasteiger partial charge in [0.05, 0.1) is 0 Å². The molecule has 0 aromatic heterocycles. The van der Waals surface area contributed by atoms with Gasteiger partial charge in [-0.05, 0) is 5.04 Å². The second-order valence-corrected chi connectivity index (χ2v) is 5.49. The van der Waals surface area contributed by atoms with Crippen LogP contribution in [0.15, 0.2) is 0 Å². The number of hydrogen-bond acceptors (Lipinski definition) is 0. The molecule has 0 heterocycles. The van der Waals surface area contributed by atoms with Crippen LogP contribution in [-0.2, 0) is 0 Å². The van der Waals surface area contributed by atoms with Crippen molar-refractivity contribution in [3.05, 3.63) is 0 Å². The van der Waals surface area contributed by atoms with Gasteiger partial charge in [-0.2, -0.15) is 0 Å². The molecule has 0 saturated heterocycles. The molecule has 0 atom stereocenters. The molecule has 0 spiro atoms. The molecule has 0 aromatic rings. The van der Waals surface area contributed by atoms with Crippen LogP contribution in [-0.4, -0.2) is 9.52 Å². The highest BCUT2D eigenvalue weighted by atomic mass is 28.2. The fourth-order valence-corrected chi connectivity index (χ4v) is 0.750. The van der Waals surface area contributed by atoms with Gasteiger partial charge >= 0.3 is 0 Å². The van der Waals surface area contributed by atoms with Gasteiger partial charge in [0.25, 0.3) is 0 Å². The topological polar surface area (TPSA) is 0 Å². The molecule has 0 rings (SSSR count). The standard InChI is InChI=1S/C6H16Si/c1-5-6(2,3)7-4/h5,7H2,1-4H3. The maximum absolute atomic E-state index is 2.38. The Morgan fingerprint density at radius 2 is 1.86 bits per heavy atom. The van der Waals surface area contributed by atoms with Crippen molar-refractivity contribution in [2.24, 2.45) is 0 Å². The molecule has 0 aromatic carbocycles. The van der Waals surface area contributed by atoms with Crippen molar-refractivity contribution in [3.63, 3.8) is 0 Å². The summed E-state index contributed by atoms with van der Waals surface area (Å²) in [6.07, 6.45) is 1.36. The average Bonchev–Trinajstić information content (AvgIpc) is 1.68. The molecule has 0 nitrogen and oxygen atoms in total. The molecule has 0 fully saturated rings. The van der Waals surface area contributed by atoms with Crippen LogP contribution in [0.4, 0.5) is 0 Å². The molecule has 0 radical (unpaired) electrons. The van der Waals surface area contributed by atoms with Crippen molar-refractivity contribution in [1.29, 1.82) is 0 Å². The quantitative estimate of drug-likeness (QED) is 0.483. The molecule has 1 heteroatoms. The van der Waals surface area contributed by atoms with Crippen molar-refractivity contribution >= 4 is 9.52 Å². The highest BCUT2D eigenvalue weighted by Gasteiger charge is 2.10. The van der Waals surface area contributed by atoms with E-state index in [0.29, 0.717) is 0 Å². The zero-order chi connectivity index (χ0) is 5.91. The predicted molar refractivity (Wildman–Crippen MR) is 38.7 cm³/mol. The zero-order valence-electron chi connectivity index (χ0n) is 5.91. The van der Waals surface area contributed by atoms with Crippen LogP contribution in [0.25, 0.3) is 0 Å². The Hall–Kier alpha value is 0.217. The molecule has 0 N–H and O–H groups in total. The van der Waals surface area contributed by atoms with E-state index in [9.17, 15) is 0 Å². The summed E-state index contributed by atoms with van der Waals surface area (Å²) in [4.78, 5) is 0. The summed E-state index contributed by atoms with van der Waals surface area (Å²) >= 11 is 0. The van der Waals surface area contributed by atoms with Crippen LogP contribution in [0.5, 0.6) is 0 Å². The minimum absolute atomic E-state index is 0.242. The Labute approximate surface area is 49.1 Å². The van der Waals surface area contributed by atoms with E-state index in [1.165, 1.54) is 6.42 Å². The lowest BCUT2D eigenvalue weighted by Gasteiger charge is -2.18. The molecule has 0 aliphatic carbocycles. The average molecular weight is 116 g/mol. The van der Waals surface area contributed by atoms with Gasteiger partial charge in [0, 0.05) is 9.52 Å². The monoisotopic (exact) mass is 116 g/mol. The Morgan fingerprint density at radius 1 is 1.43 bits per heavy atom. The van der Waals surface area contributed by atoms with E-state index in [2.05, 4.69) is 27.3 Å². The molecule has 44 valence electrons. The smallest absolute Gasteiger partial charge is 0.0233 e. The number of hydrogen-bond donors (Lipinski definition) is 0. The van der Waals surface area contributed by atoms with Crippen LogP contribution >= 0.6 is 0 Å². The van der Waals surface area contributed by atoms with E-state index in [4.69, 9.17) is 0 Å². The maximum atomic E-state index is 2.38. The lowest BCUT2D eigenvalue weighted by Crippen LogP contribution is -2.06. The first-order valence-corrected chi connectivity index (χ1v) is 5.24. The van der Waals surface area contributed by atoms with E-state index in [1.54, 1.807) is 0 Å². The van der Waals surface area contributed by atoms with E-state index in [-0.39, 0.29) is 9.52 Å². The van der Waals surface area contributed by atoms with Gasteiger partial charge < -0.3 is 0 Å². The second-order valence-electron chi connectivity index (χ2n) is 2.87. The lowest BCUT2D eigenvalue weighted by molar-refractivity contribution is 0.645. The van der Waals surface area contributed by atoms with Crippen molar-refractivity contribution in [2.45, 2.75) is 38.8 Å². The van der Waals surface area contributed by atoms with Crippen LogP contribution < -0.4 is 0 Å². The van der Waals surface area contributed by atoms with Crippen LogP contribution in [0.1, 0.15) is 27.2 Å². The van der Waals surface area contributed by atoms with Crippen molar-refractivity contribution in [3.8, 4) is 0 Å². The van der Waals surface area contributed by atoms with Crippen molar-refractivity contribution < 1.29 is 0 Å². The van der Waals surface area contributed by atoms with Gasteiger partial charge in [-0.1, -0.05) is 33.7 Å². The third-order valence-electron chi connectivity index (χ3n) is 1.91. The highest BCUT2D eigenvalue weighted by molar-refractivity contribution is 6.37. The van der Waals surface area contributed by atoms with E-state index >= 15 is 0 Å². The first-order chi connectivity index (χ1) is 3.12. The largest absolute Gasteiger partial charge is 0.0744 e. The molecule has 0 aliphatic heterocycles. The first-order valence-electron chi connectivity index (χ1n) is 3.12. The van der Waals surface area contributed by atoms with Gasteiger partial charge in [0.1, 0.15) is 0 Å². The van der Waals surface area contributed by atoms with Crippen LogP contribution in [0.3, 0.4) is 0 Å². The van der Waals surface area contributed by atoms with E-state index < -0.39 is 0 Å². The van der Waals surface area contributed by atoms with Gasteiger partial charge in [0.2, 0.25) is 0 Å². The Morgan fingerprint density at radius 3 is 1.86 bits per heavy atom. The third kappa shape index (κ3) is 2.86. The summed E-state index contributed by atoms with van der Waals surface area (Å²) in [5, 5.41) is 0.722. The maximum Gasteiger partial charge on any atom is 0.0233 e. The summed E-state index contributed by atoms with van der Waals surface area (Å²) in [5.41, 5.74) is 0. The lowest BCUT2D eigenvalue weighted by atomic mass is 10.1. The summed E-state index contributed by atoms with van der Waals surface area (Å²) in [6, 6.07) is 0.